The normalized spacial score (nSPS) is 32.3. The molecular weight excluding hydrogens is 1060 g/mol. The van der Waals surface area contributed by atoms with Gasteiger partial charge in [0.15, 0.2) is 0 Å². The molecule has 0 heteroatoms. The topological polar surface area (TPSA) is 0 Å². The Balaban J connectivity index is 0.000000189. The minimum atomic E-state index is 0.915. The molecule has 0 radical (unpaired) electrons. The summed E-state index contributed by atoms with van der Waals surface area (Å²) in [6, 6.07) is 0. The fourth-order valence-electron chi connectivity index (χ4n) is 21.6. The fraction of sp³-hybridized carbons (Fsp3) is 1.00. The van der Waals surface area contributed by atoms with Crippen molar-refractivity contribution in [1.82, 2.24) is 0 Å². The first-order chi connectivity index (χ1) is 43.2. The van der Waals surface area contributed by atoms with E-state index in [0.29, 0.717) is 0 Å². The lowest BCUT2D eigenvalue weighted by atomic mass is 9.69. The molecule has 0 nitrogen and oxygen atoms in total. The van der Waals surface area contributed by atoms with E-state index in [9.17, 15) is 0 Å². The Morgan fingerprint density at radius 2 is 0.250 bits per heavy atom. The highest BCUT2D eigenvalue weighted by Gasteiger charge is 2.31. The minimum Gasteiger partial charge on any atom is -0.0625 e. The summed E-state index contributed by atoms with van der Waals surface area (Å²) in [5, 5.41) is 0. The van der Waals surface area contributed by atoms with Crippen molar-refractivity contribution in [2.24, 2.45) is 94.7 Å². The van der Waals surface area contributed by atoms with Crippen LogP contribution in [-0.2, 0) is 0 Å². The predicted octanol–water partition coefficient (Wildman–Crippen LogP) is 30.8. The van der Waals surface area contributed by atoms with Crippen LogP contribution in [-0.4, -0.2) is 0 Å². The highest BCUT2D eigenvalue weighted by atomic mass is 14.4. The third-order valence-corrected chi connectivity index (χ3v) is 27.8. The Kier molecular flexibility index (Phi) is 43.3. The second kappa shape index (κ2) is 49.5. The third kappa shape index (κ3) is 33.6. The van der Waals surface area contributed by atoms with Crippen molar-refractivity contribution in [1.29, 1.82) is 0 Å². The van der Waals surface area contributed by atoms with Crippen LogP contribution in [0.2, 0.25) is 0 Å². The summed E-state index contributed by atoms with van der Waals surface area (Å²) in [6.07, 6.45) is 101. The van der Waals surface area contributed by atoms with Crippen molar-refractivity contribution in [3.05, 3.63) is 0 Å². The maximum Gasteiger partial charge on any atom is -0.0386 e. The number of hydrogen-bond donors (Lipinski definition) is 0. The quantitative estimate of drug-likeness (QED) is 0.238. The van der Waals surface area contributed by atoms with Crippen LogP contribution in [0.4, 0.5) is 0 Å². The molecule has 0 aromatic rings. The van der Waals surface area contributed by atoms with Gasteiger partial charge in [0, 0.05) is 0 Å². The van der Waals surface area contributed by atoms with Gasteiger partial charge in [-0.25, -0.2) is 0 Å². The summed E-state index contributed by atoms with van der Waals surface area (Å²) >= 11 is 0. The first kappa shape index (κ1) is 77.0. The summed E-state index contributed by atoms with van der Waals surface area (Å²) in [5.74, 6) is 16.9. The van der Waals surface area contributed by atoms with Crippen LogP contribution in [0.25, 0.3) is 0 Å². The molecule has 0 aromatic carbocycles. The van der Waals surface area contributed by atoms with Gasteiger partial charge in [-0.3, -0.25) is 0 Å². The van der Waals surface area contributed by atoms with Crippen molar-refractivity contribution in [3.63, 3.8) is 0 Å². The number of hydrogen-bond acceptors (Lipinski definition) is 0. The van der Waals surface area contributed by atoms with Gasteiger partial charge in [-0.15, -0.1) is 0 Å². The molecule has 0 aromatic heterocycles. The zero-order chi connectivity index (χ0) is 61.9. The lowest BCUT2D eigenvalue weighted by Gasteiger charge is -2.36. The van der Waals surface area contributed by atoms with Crippen LogP contribution in [0.3, 0.4) is 0 Å². The Hall–Kier alpha value is 0. The standard InChI is InChI=1S/C32H58.C19H36.C16H30.C11H22.C10H20/c1-3-7-15-27(16-8-4-1)29-19-11-23-31(24-12-20-29)32-25-13-21-30(22-14-26-32)28-17-9-5-2-6-10-18-28;1-16(2)17-12-8-14-19(15-9-13-17)18-10-6-4-3-5-7-11-18;1-3-7-11-15(12-8-4-1)16-13-9-5-2-6-10-14-16;1-10(2)11-8-6-4-3-5-7-9-11;1-9-5-3-7-10(2)8-4-6-9/h27-32H,1-26H2;16-19H,3-15H2,1-2H3;15-16H,1-14H2;10-11H,3-9H2,1-2H3;9-10H,3-8H2,1-2H3. The highest BCUT2D eigenvalue weighted by Crippen LogP contribution is 2.45. The highest BCUT2D eigenvalue weighted by molar-refractivity contribution is 4.83. The molecule has 0 bridgehead atoms. The Labute approximate surface area is 556 Å². The van der Waals surface area contributed by atoms with Crippen molar-refractivity contribution >= 4 is 0 Å². The lowest BCUT2D eigenvalue weighted by Crippen LogP contribution is -2.24. The van der Waals surface area contributed by atoms with E-state index in [1.807, 2.05) is 0 Å². The van der Waals surface area contributed by atoms with Gasteiger partial charge in [0.1, 0.15) is 0 Å². The zero-order valence-electron chi connectivity index (χ0n) is 61.9. The van der Waals surface area contributed by atoms with Crippen LogP contribution in [0.1, 0.15) is 465 Å². The summed E-state index contributed by atoms with van der Waals surface area (Å²) in [7, 11) is 0. The largest absolute Gasteiger partial charge is 0.0625 e. The molecule has 0 unspecified atom stereocenters. The SMILES string of the molecule is C1CCCC(C2CCCC(C3CCCC(C4CCCCCCC4)CCC3)CCC2)CCC1.C1CCCC(C2CCCCCCC2)CCC1.CC(C)C1CCCC(C2CCCCCCC2)CCC1.CC(C)C1CCCCCCC1.CC1CCCC(C)CCC1. The fourth-order valence-corrected chi connectivity index (χ4v) is 21.6. The smallest absolute Gasteiger partial charge is 0.0386 e. The molecule has 0 atom stereocenters. The van der Waals surface area contributed by atoms with Gasteiger partial charge in [-0.2, -0.15) is 0 Å². The van der Waals surface area contributed by atoms with E-state index in [1.165, 1.54) is 270 Å². The van der Waals surface area contributed by atoms with Gasteiger partial charge in [0.25, 0.3) is 0 Å². The third-order valence-electron chi connectivity index (χ3n) is 27.8. The Morgan fingerprint density at radius 3 is 0.420 bits per heavy atom. The molecule has 0 spiro atoms. The van der Waals surface area contributed by atoms with Crippen LogP contribution in [0.5, 0.6) is 0 Å². The second-order valence-corrected chi connectivity index (χ2v) is 35.3. The average molecular weight is 1220 g/mol. The first-order valence-corrected chi connectivity index (χ1v) is 43.2. The van der Waals surface area contributed by atoms with Crippen molar-refractivity contribution in [2.75, 3.05) is 0 Å². The van der Waals surface area contributed by atoms with Gasteiger partial charge in [0.2, 0.25) is 0 Å². The molecule has 10 aliphatic carbocycles. The van der Waals surface area contributed by atoms with Gasteiger partial charge in [0.05, 0.1) is 0 Å². The molecule has 88 heavy (non-hydrogen) atoms. The minimum absolute atomic E-state index is 0.915. The average Bonchev–Trinajstić information content (AvgIpc) is 3.52. The molecular formula is C88H166. The van der Waals surface area contributed by atoms with Gasteiger partial charge in [-0.05, 0) is 94.7 Å². The summed E-state index contributed by atoms with van der Waals surface area (Å²) in [6.45, 7) is 14.4. The molecule has 10 fully saturated rings. The zero-order valence-corrected chi connectivity index (χ0v) is 61.9. The van der Waals surface area contributed by atoms with Crippen molar-refractivity contribution in [3.8, 4) is 0 Å². The second-order valence-electron chi connectivity index (χ2n) is 35.3. The van der Waals surface area contributed by atoms with Crippen LogP contribution in [0.15, 0.2) is 0 Å². The van der Waals surface area contributed by atoms with E-state index in [2.05, 4.69) is 41.5 Å². The van der Waals surface area contributed by atoms with Crippen molar-refractivity contribution < 1.29 is 0 Å². The summed E-state index contributed by atoms with van der Waals surface area (Å²) in [4.78, 5) is 0. The van der Waals surface area contributed by atoms with E-state index in [4.69, 9.17) is 0 Å². The summed E-state index contributed by atoms with van der Waals surface area (Å²) in [5.41, 5.74) is 0. The van der Waals surface area contributed by atoms with E-state index in [1.54, 1.807) is 154 Å². The molecule has 10 aliphatic rings. The first-order valence-electron chi connectivity index (χ1n) is 43.2. The number of rotatable bonds is 7. The molecule has 518 valence electrons. The van der Waals surface area contributed by atoms with Crippen LogP contribution in [0, 0.1) is 94.7 Å². The molecule has 0 aliphatic heterocycles. The van der Waals surface area contributed by atoms with E-state index in [-0.39, 0.29) is 0 Å². The maximum atomic E-state index is 2.43. The predicted molar refractivity (Wildman–Crippen MR) is 395 cm³/mol. The Morgan fingerprint density at radius 1 is 0.136 bits per heavy atom. The van der Waals surface area contributed by atoms with Gasteiger partial charge < -0.3 is 0 Å². The van der Waals surface area contributed by atoms with Crippen molar-refractivity contribution in [2.45, 2.75) is 465 Å². The monoisotopic (exact) mass is 1220 g/mol. The lowest BCUT2D eigenvalue weighted by molar-refractivity contribution is 0.154. The Bertz CT molecular complexity index is 1390. The molecule has 0 amide bonds. The summed E-state index contributed by atoms with van der Waals surface area (Å²) < 4.78 is 0. The molecule has 0 heterocycles. The van der Waals surface area contributed by atoms with E-state index in [0.717, 1.165) is 94.7 Å². The van der Waals surface area contributed by atoms with E-state index >= 15 is 0 Å². The maximum absolute atomic E-state index is 2.43. The molecule has 0 saturated heterocycles. The van der Waals surface area contributed by atoms with Crippen LogP contribution >= 0.6 is 0 Å². The molecule has 10 rings (SSSR count). The van der Waals surface area contributed by atoms with Gasteiger partial charge >= 0.3 is 0 Å². The van der Waals surface area contributed by atoms with Crippen LogP contribution < -0.4 is 0 Å². The van der Waals surface area contributed by atoms with E-state index < -0.39 is 0 Å². The molecule has 10 saturated carbocycles. The van der Waals surface area contributed by atoms with Gasteiger partial charge in [-0.1, -0.05) is 465 Å². The molecule has 0 N–H and O–H groups in total.